The topological polar surface area (TPSA) is 84.7 Å². The molecule has 2 aromatic carbocycles. The minimum Gasteiger partial charge on any atom is -0.496 e. The van der Waals surface area contributed by atoms with E-state index in [9.17, 15) is 9.59 Å². The number of likely N-dealkylation sites (tertiary alicyclic amines) is 1. The van der Waals surface area contributed by atoms with Gasteiger partial charge in [0.05, 0.1) is 12.7 Å². The minimum absolute atomic E-state index is 0.00630. The third kappa shape index (κ3) is 4.20. The second-order valence-electron chi connectivity index (χ2n) is 7.20. The number of hydrogen-bond donors (Lipinski definition) is 1. The number of aromatic nitrogens is 1. The maximum atomic E-state index is 12.8. The van der Waals surface area contributed by atoms with Crippen molar-refractivity contribution >= 4 is 17.5 Å². The number of amides is 2. The van der Waals surface area contributed by atoms with E-state index in [-0.39, 0.29) is 23.4 Å². The van der Waals surface area contributed by atoms with Crippen LogP contribution in [0.5, 0.6) is 5.75 Å². The average molecular weight is 405 g/mol. The molecule has 0 bridgehead atoms. The smallest absolute Gasteiger partial charge is 0.276 e. The number of anilines is 1. The Labute approximate surface area is 174 Å². The fourth-order valence-corrected chi connectivity index (χ4v) is 3.62. The summed E-state index contributed by atoms with van der Waals surface area (Å²) in [4.78, 5) is 27.0. The third-order valence-electron chi connectivity index (χ3n) is 5.30. The predicted molar refractivity (Wildman–Crippen MR) is 112 cm³/mol. The quantitative estimate of drug-likeness (QED) is 0.697. The van der Waals surface area contributed by atoms with Gasteiger partial charge < -0.3 is 19.5 Å². The lowest BCUT2D eigenvalue weighted by Crippen LogP contribution is -2.41. The summed E-state index contributed by atoms with van der Waals surface area (Å²) in [6.45, 7) is 1.01. The Morgan fingerprint density at radius 1 is 1.07 bits per heavy atom. The van der Waals surface area contributed by atoms with E-state index in [1.54, 1.807) is 18.1 Å². The molecular formula is C23H23N3O4. The molecule has 1 N–H and O–H groups in total. The lowest BCUT2D eigenvalue weighted by molar-refractivity contribution is -0.121. The monoisotopic (exact) mass is 405 g/mol. The Hall–Kier alpha value is -3.61. The lowest BCUT2D eigenvalue weighted by atomic mass is 9.95. The van der Waals surface area contributed by atoms with Gasteiger partial charge in [0, 0.05) is 30.8 Å². The van der Waals surface area contributed by atoms with Crippen LogP contribution in [0.25, 0.3) is 11.3 Å². The van der Waals surface area contributed by atoms with Crippen molar-refractivity contribution in [1.82, 2.24) is 10.1 Å². The van der Waals surface area contributed by atoms with Gasteiger partial charge >= 0.3 is 0 Å². The standard InChI is InChI=1S/C23H23N3O4/c1-29-20-10-6-5-9-18(20)21-15-19(25-30-21)23(28)26-13-11-16(12-14-26)22(27)24-17-7-3-2-4-8-17/h2-10,15-16H,11-14H2,1H3,(H,24,27). The van der Waals surface area contributed by atoms with E-state index >= 15 is 0 Å². The first-order valence-corrected chi connectivity index (χ1v) is 9.91. The molecule has 3 aromatic rings. The van der Waals surface area contributed by atoms with Gasteiger partial charge in [0.25, 0.3) is 5.91 Å². The van der Waals surface area contributed by atoms with Crippen molar-refractivity contribution < 1.29 is 18.8 Å². The molecule has 1 aliphatic heterocycles. The first kappa shape index (κ1) is 19.7. The highest BCUT2D eigenvalue weighted by Crippen LogP contribution is 2.30. The van der Waals surface area contributed by atoms with E-state index in [2.05, 4.69) is 10.5 Å². The Bertz CT molecular complexity index is 1020. The molecule has 0 atom stereocenters. The predicted octanol–water partition coefficient (Wildman–Crippen LogP) is 3.84. The number of nitrogens with one attached hydrogen (secondary N) is 1. The molecule has 0 radical (unpaired) electrons. The molecule has 0 spiro atoms. The van der Waals surface area contributed by atoms with Gasteiger partial charge in [0.2, 0.25) is 5.91 Å². The second kappa shape index (κ2) is 8.82. The number of carbonyl (C=O) groups excluding carboxylic acids is 2. The zero-order valence-electron chi connectivity index (χ0n) is 16.7. The Morgan fingerprint density at radius 3 is 2.50 bits per heavy atom. The molecule has 2 amide bonds. The number of para-hydroxylation sites is 2. The van der Waals surface area contributed by atoms with Gasteiger partial charge in [-0.15, -0.1) is 0 Å². The molecule has 7 nitrogen and oxygen atoms in total. The number of piperidine rings is 1. The zero-order valence-corrected chi connectivity index (χ0v) is 16.7. The summed E-state index contributed by atoms with van der Waals surface area (Å²) >= 11 is 0. The van der Waals surface area contributed by atoms with Crippen LogP contribution in [0.15, 0.2) is 65.2 Å². The van der Waals surface area contributed by atoms with E-state index in [1.807, 2.05) is 54.6 Å². The molecule has 1 saturated heterocycles. The number of carbonyl (C=O) groups is 2. The van der Waals surface area contributed by atoms with Crippen molar-refractivity contribution in [2.75, 3.05) is 25.5 Å². The molecule has 1 fully saturated rings. The largest absolute Gasteiger partial charge is 0.496 e. The van der Waals surface area contributed by atoms with Crippen LogP contribution in [0.2, 0.25) is 0 Å². The summed E-state index contributed by atoms with van der Waals surface area (Å²) in [5.74, 6) is 0.816. The molecule has 0 saturated carbocycles. The Balaban J connectivity index is 1.37. The zero-order chi connectivity index (χ0) is 20.9. The van der Waals surface area contributed by atoms with Crippen molar-refractivity contribution in [2.24, 2.45) is 5.92 Å². The number of rotatable bonds is 5. The summed E-state index contributed by atoms with van der Waals surface area (Å²) in [7, 11) is 1.58. The summed E-state index contributed by atoms with van der Waals surface area (Å²) in [5, 5.41) is 6.89. The van der Waals surface area contributed by atoms with Gasteiger partial charge in [-0.1, -0.05) is 35.5 Å². The number of ether oxygens (including phenoxy) is 1. The molecule has 2 heterocycles. The highest BCUT2D eigenvalue weighted by atomic mass is 16.5. The van der Waals surface area contributed by atoms with E-state index in [0.29, 0.717) is 37.4 Å². The lowest BCUT2D eigenvalue weighted by Gasteiger charge is -2.30. The minimum atomic E-state index is -0.193. The van der Waals surface area contributed by atoms with Gasteiger partial charge in [0.1, 0.15) is 5.75 Å². The van der Waals surface area contributed by atoms with Gasteiger partial charge in [0.15, 0.2) is 11.5 Å². The molecular weight excluding hydrogens is 382 g/mol. The van der Waals surface area contributed by atoms with E-state index in [4.69, 9.17) is 9.26 Å². The normalized spacial score (nSPS) is 14.4. The van der Waals surface area contributed by atoms with Crippen LogP contribution < -0.4 is 10.1 Å². The second-order valence-corrected chi connectivity index (χ2v) is 7.20. The Kier molecular flexibility index (Phi) is 5.79. The van der Waals surface area contributed by atoms with Crippen molar-refractivity contribution in [3.05, 3.63) is 66.4 Å². The number of nitrogens with zero attached hydrogens (tertiary/aromatic N) is 2. The van der Waals surface area contributed by atoms with Gasteiger partial charge in [-0.05, 0) is 37.1 Å². The van der Waals surface area contributed by atoms with Crippen molar-refractivity contribution in [2.45, 2.75) is 12.8 Å². The van der Waals surface area contributed by atoms with Crippen LogP contribution >= 0.6 is 0 Å². The van der Waals surface area contributed by atoms with Gasteiger partial charge in [-0.2, -0.15) is 0 Å². The van der Waals surface area contributed by atoms with Gasteiger partial charge in [-0.25, -0.2) is 0 Å². The van der Waals surface area contributed by atoms with Crippen LogP contribution in [0.1, 0.15) is 23.3 Å². The maximum absolute atomic E-state index is 12.8. The third-order valence-corrected chi connectivity index (χ3v) is 5.30. The SMILES string of the molecule is COc1ccccc1-c1cc(C(=O)N2CCC(C(=O)Nc3ccccc3)CC2)no1. The molecule has 154 valence electrons. The first-order chi connectivity index (χ1) is 14.7. The van der Waals surface area contributed by atoms with Crippen molar-refractivity contribution in [1.29, 1.82) is 0 Å². The van der Waals surface area contributed by atoms with Crippen LogP contribution in [0, 0.1) is 5.92 Å². The molecule has 1 aliphatic rings. The summed E-state index contributed by atoms with van der Waals surface area (Å²) in [6.07, 6.45) is 1.23. The summed E-state index contributed by atoms with van der Waals surface area (Å²) < 4.78 is 10.7. The van der Waals surface area contributed by atoms with E-state index in [0.717, 1.165) is 11.3 Å². The summed E-state index contributed by atoms with van der Waals surface area (Å²) in [6, 6.07) is 18.4. The summed E-state index contributed by atoms with van der Waals surface area (Å²) in [5.41, 5.74) is 1.78. The van der Waals surface area contributed by atoms with Crippen molar-refractivity contribution in [3.8, 4) is 17.1 Å². The molecule has 0 unspecified atom stereocenters. The fraction of sp³-hybridized carbons (Fsp3) is 0.261. The van der Waals surface area contributed by atoms with Crippen LogP contribution in [-0.2, 0) is 4.79 Å². The number of hydrogen-bond acceptors (Lipinski definition) is 5. The van der Waals surface area contributed by atoms with E-state index < -0.39 is 0 Å². The highest BCUT2D eigenvalue weighted by molar-refractivity contribution is 5.94. The highest BCUT2D eigenvalue weighted by Gasteiger charge is 2.29. The van der Waals surface area contributed by atoms with Crippen LogP contribution in [0.3, 0.4) is 0 Å². The van der Waals surface area contributed by atoms with Crippen LogP contribution in [-0.4, -0.2) is 42.1 Å². The molecule has 1 aromatic heterocycles. The molecule has 4 rings (SSSR count). The Morgan fingerprint density at radius 2 is 1.77 bits per heavy atom. The molecule has 30 heavy (non-hydrogen) atoms. The van der Waals surface area contributed by atoms with Crippen LogP contribution in [0.4, 0.5) is 5.69 Å². The maximum Gasteiger partial charge on any atom is 0.276 e. The molecule has 7 heteroatoms. The first-order valence-electron chi connectivity index (χ1n) is 9.91. The van der Waals surface area contributed by atoms with Gasteiger partial charge in [-0.3, -0.25) is 9.59 Å². The number of methoxy groups -OCH3 is 1. The average Bonchev–Trinajstić information content (AvgIpc) is 3.29. The number of benzene rings is 2. The fourth-order valence-electron chi connectivity index (χ4n) is 3.62. The molecule has 0 aliphatic carbocycles. The van der Waals surface area contributed by atoms with E-state index in [1.165, 1.54) is 0 Å². The van der Waals surface area contributed by atoms with Crippen molar-refractivity contribution in [3.63, 3.8) is 0 Å².